The maximum Gasteiger partial charge on any atom is 0.160 e. The largest absolute Gasteiger partial charge is 0.397 e. The lowest BCUT2D eigenvalue weighted by Gasteiger charge is -2.07. The fourth-order valence-corrected chi connectivity index (χ4v) is 1.95. The fraction of sp³-hybridized carbons (Fsp3) is 0.0769. The lowest BCUT2D eigenvalue weighted by Crippen LogP contribution is -2.00. The number of benzene rings is 2. The van der Waals surface area contributed by atoms with Gasteiger partial charge in [0.2, 0.25) is 0 Å². The molecule has 6 heteroatoms. The van der Waals surface area contributed by atoms with E-state index < -0.39 is 0 Å². The molecule has 0 spiro atoms. The molecule has 0 saturated carbocycles. The van der Waals surface area contributed by atoms with Crippen LogP contribution in [-0.2, 0) is 6.54 Å². The summed E-state index contributed by atoms with van der Waals surface area (Å²) in [5.41, 5.74) is 9.49. The van der Waals surface area contributed by atoms with Crippen LogP contribution in [0.2, 0.25) is 5.02 Å². The molecule has 0 atom stereocenters. The van der Waals surface area contributed by atoms with Crippen molar-refractivity contribution in [2.75, 3.05) is 11.1 Å². The zero-order chi connectivity index (χ0) is 13.2. The lowest BCUT2D eigenvalue weighted by molar-refractivity contribution is 0.316. The van der Waals surface area contributed by atoms with E-state index in [-0.39, 0.29) is 0 Å². The first-order valence-electron chi connectivity index (χ1n) is 5.73. The first-order chi connectivity index (χ1) is 9.24. The SMILES string of the molecule is Nc1ccc(NCc2ccc(Cl)cc2)c2nonc12. The number of nitrogens with zero attached hydrogens (tertiary/aromatic N) is 2. The van der Waals surface area contributed by atoms with E-state index in [2.05, 4.69) is 15.6 Å². The minimum absolute atomic E-state index is 0.549. The number of hydrogen-bond donors (Lipinski definition) is 2. The van der Waals surface area contributed by atoms with Crippen LogP contribution in [0.15, 0.2) is 41.0 Å². The molecule has 0 radical (unpaired) electrons. The molecule has 0 aliphatic heterocycles. The van der Waals surface area contributed by atoms with Gasteiger partial charge in [0.1, 0.15) is 0 Å². The van der Waals surface area contributed by atoms with Gasteiger partial charge in [-0.25, -0.2) is 4.63 Å². The summed E-state index contributed by atoms with van der Waals surface area (Å²) in [6.45, 7) is 0.656. The average Bonchev–Trinajstić information content (AvgIpc) is 2.90. The maximum absolute atomic E-state index is 5.84. The molecular formula is C13H11ClN4O. The summed E-state index contributed by atoms with van der Waals surface area (Å²) in [5.74, 6) is 0. The standard InChI is InChI=1S/C13H11ClN4O/c14-9-3-1-8(2-4-9)7-16-11-6-5-10(15)12-13(11)18-19-17-12/h1-6,16H,7,15H2. The van der Waals surface area contributed by atoms with Crippen LogP contribution in [-0.4, -0.2) is 10.3 Å². The minimum Gasteiger partial charge on any atom is -0.397 e. The Bertz CT molecular complexity index is 708. The molecule has 19 heavy (non-hydrogen) atoms. The number of nitrogens with one attached hydrogen (secondary N) is 1. The second-order valence-corrected chi connectivity index (χ2v) is 4.58. The van der Waals surface area contributed by atoms with Crippen molar-refractivity contribution < 1.29 is 4.63 Å². The molecule has 0 amide bonds. The molecule has 3 aromatic rings. The molecule has 2 aromatic carbocycles. The lowest BCUT2D eigenvalue weighted by atomic mass is 10.2. The van der Waals surface area contributed by atoms with Crippen molar-refractivity contribution in [3.8, 4) is 0 Å². The summed E-state index contributed by atoms with van der Waals surface area (Å²) in [6.07, 6.45) is 0. The van der Waals surface area contributed by atoms with Gasteiger partial charge in [-0.2, -0.15) is 0 Å². The Morgan fingerprint density at radius 2 is 1.79 bits per heavy atom. The van der Waals surface area contributed by atoms with Gasteiger partial charge in [-0.05, 0) is 40.1 Å². The highest BCUT2D eigenvalue weighted by molar-refractivity contribution is 6.30. The molecule has 0 unspecified atom stereocenters. The highest BCUT2D eigenvalue weighted by Gasteiger charge is 2.09. The van der Waals surface area contributed by atoms with E-state index in [0.29, 0.717) is 23.3 Å². The van der Waals surface area contributed by atoms with Gasteiger partial charge in [0, 0.05) is 11.6 Å². The van der Waals surface area contributed by atoms with Crippen molar-refractivity contribution in [2.45, 2.75) is 6.54 Å². The zero-order valence-electron chi connectivity index (χ0n) is 9.93. The highest BCUT2D eigenvalue weighted by Crippen LogP contribution is 2.25. The van der Waals surface area contributed by atoms with Crippen molar-refractivity contribution in [1.82, 2.24) is 10.3 Å². The second kappa shape index (κ2) is 4.78. The van der Waals surface area contributed by atoms with Crippen LogP contribution in [0.1, 0.15) is 5.56 Å². The summed E-state index contributed by atoms with van der Waals surface area (Å²) in [4.78, 5) is 0. The van der Waals surface area contributed by atoms with Gasteiger partial charge in [-0.15, -0.1) is 0 Å². The van der Waals surface area contributed by atoms with Crippen LogP contribution in [0, 0.1) is 0 Å². The van der Waals surface area contributed by atoms with Gasteiger partial charge < -0.3 is 11.1 Å². The maximum atomic E-state index is 5.84. The van der Waals surface area contributed by atoms with Crippen molar-refractivity contribution in [2.24, 2.45) is 0 Å². The molecule has 5 nitrogen and oxygen atoms in total. The van der Waals surface area contributed by atoms with Crippen molar-refractivity contribution in [1.29, 1.82) is 0 Å². The van der Waals surface area contributed by atoms with E-state index in [4.69, 9.17) is 22.0 Å². The normalized spacial score (nSPS) is 10.8. The Balaban J connectivity index is 1.84. The predicted molar refractivity (Wildman–Crippen MR) is 75.0 cm³/mol. The van der Waals surface area contributed by atoms with Gasteiger partial charge in [-0.3, -0.25) is 0 Å². The van der Waals surface area contributed by atoms with E-state index >= 15 is 0 Å². The molecule has 3 rings (SSSR count). The van der Waals surface area contributed by atoms with Crippen LogP contribution in [0.25, 0.3) is 11.0 Å². The second-order valence-electron chi connectivity index (χ2n) is 4.14. The molecule has 0 fully saturated rings. The van der Waals surface area contributed by atoms with Gasteiger partial charge in [0.25, 0.3) is 0 Å². The Hall–Kier alpha value is -2.27. The first kappa shape index (κ1) is 11.8. The number of nitrogen functional groups attached to an aromatic ring is 1. The molecule has 96 valence electrons. The fourth-order valence-electron chi connectivity index (χ4n) is 1.83. The zero-order valence-corrected chi connectivity index (χ0v) is 10.7. The summed E-state index contributed by atoms with van der Waals surface area (Å²) in [5, 5.41) is 11.6. The van der Waals surface area contributed by atoms with Crippen LogP contribution < -0.4 is 11.1 Å². The van der Waals surface area contributed by atoms with Gasteiger partial charge in [0.05, 0.1) is 11.4 Å². The third-order valence-corrected chi connectivity index (χ3v) is 3.09. The number of aromatic nitrogens is 2. The van der Waals surface area contributed by atoms with Crippen LogP contribution in [0.5, 0.6) is 0 Å². The molecule has 3 N–H and O–H groups in total. The monoisotopic (exact) mass is 274 g/mol. The third kappa shape index (κ3) is 2.32. The van der Waals surface area contributed by atoms with E-state index in [1.165, 1.54) is 0 Å². The van der Waals surface area contributed by atoms with Crippen LogP contribution >= 0.6 is 11.6 Å². The van der Waals surface area contributed by atoms with Crippen molar-refractivity contribution in [3.63, 3.8) is 0 Å². The number of anilines is 2. The third-order valence-electron chi connectivity index (χ3n) is 2.84. The molecule has 1 aromatic heterocycles. The van der Waals surface area contributed by atoms with E-state index in [9.17, 15) is 0 Å². The van der Waals surface area contributed by atoms with Gasteiger partial charge in [0.15, 0.2) is 11.0 Å². The van der Waals surface area contributed by atoms with Crippen molar-refractivity contribution >= 4 is 34.0 Å². The Kier molecular flexibility index (Phi) is 2.97. The highest BCUT2D eigenvalue weighted by atomic mass is 35.5. The molecular weight excluding hydrogens is 264 g/mol. The summed E-state index contributed by atoms with van der Waals surface area (Å²) in [7, 11) is 0. The molecule has 0 aliphatic carbocycles. The van der Waals surface area contributed by atoms with E-state index in [1.54, 1.807) is 6.07 Å². The predicted octanol–water partition coefficient (Wildman–Crippen LogP) is 3.07. The van der Waals surface area contributed by atoms with E-state index in [0.717, 1.165) is 16.3 Å². The molecule has 1 heterocycles. The average molecular weight is 275 g/mol. The minimum atomic E-state index is 0.549. The first-order valence-corrected chi connectivity index (χ1v) is 6.11. The molecule has 0 saturated heterocycles. The van der Waals surface area contributed by atoms with Crippen LogP contribution in [0.4, 0.5) is 11.4 Å². The molecule has 0 bridgehead atoms. The van der Waals surface area contributed by atoms with Gasteiger partial charge in [-0.1, -0.05) is 23.7 Å². The quantitative estimate of drug-likeness (QED) is 0.718. The van der Waals surface area contributed by atoms with Gasteiger partial charge >= 0.3 is 0 Å². The summed E-state index contributed by atoms with van der Waals surface area (Å²) < 4.78 is 4.72. The number of rotatable bonds is 3. The summed E-state index contributed by atoms with van der Waals surface area (Å²) >= 11 is 5.84. The smallest absolute Gasteiger partial charge is 0.160 e. The Labute approximate surface area is 114 Å². The van der Waals surface area contributed by atoms with Crippen molar-refractivity contribution in [3.05, 3.63) is 47.0 Å². The number of fused-ring (bicyclic) bond motifs is 1. The number of nitrogens with two attached hydrogens (primary N) is 1. The summed E-state index contributed by atoms with van der Waals surface area (Å²) in [6, 6.07) is 11.3. The Morgan fingerprint density at radius 1 is 1.05 bits per heavy atom. The molecule has 0 aliphatic rings. The van der Waals surface area contributed by atoms with E-state index in [1.807, 2.05) is 30.3 Å². The number of hydrogen-bond acceptors (Lipinski definition) is 5. The van der Waals surface area contributed by atoms with Crippen LogP contribution in [0.3, 0.4) is 0 Å². The Morgan fingerprint density at radius 3 is 2.58 bits per heavy atom. The topological polar surface area (TPSA) is 77.0 Å². The number of halogens is 1.